The molecule has 0 aliphatic carbocycles. The molecule has 0 fully saturated rings. The van der Waals surface area contributed by atoms with Crippen molar-refractivity contribution in [2.45, 2.75) is 45.4 Å². The molecule has 1 N–H and O–H groups in total. The first-order valence-corrected chi connectivity index (χ1v) is 10.4. The lowest BCUT2D eigenvalue weighted by atomic mass is 10.0. The summed E-state index contributed by atoms with van der Waals surface area (Å²) in [5.41, 5.74) is 4.79. The number of carbonyl (C=O) groups excluding carboxylic acids is 1. The van der Waals surface area contributed by atoms with Gasteiger partial charge in [-0.1, -0.05) is 60.3 Å². The highest BCUT2D eigenvalue weighted by atomic mass is 32.2. The van der Waals surface area contributed by atoms with Gasteiger partial charge in [0.05, 0.1) is 18.3 Å². The van der Waals surface area contributed by atoms with Gasteiger partial charge in [0, 0.05) is 0 Å². The van der Waals surface area contributed by atoms with Crippen molar-refractivity contribution in [1.29, 1.82) is 0 Å². The number of aryl methyl sites for hydroxylation is 3. The number of carbonyl (C=O) groups is 1. The zero-order chi connectivity index (χ0) is 20.1. The summed E-state index contributed by atoms with van der Waals surface area (Å²) < 4.78 is 2.04. The van der Waals surface area contributed by atoms with Crippen LogP contribution in [0.15, 0.2) is 53.7 Å². The van der Waals surface area contributed by atoms with Crippen LogP contribution in [0.4, 0.5) is 0 Å². The maximum Gasteiger partial charge on any atom is 0.230 e. The standard InChI is InChI=1S/C22H26N4OS/c1-15-10-11-20(12-16(15)2)17(3)23-21(27)14-28-22-25-24-18(4)26(22)13-19-8-6-5-7-9-19/h5-12,17H,13-14H2,1-4H3,(H,23,27). The summed E-state index contributed by atoms with van der Waals surface area (Å²) >= 11 is 1.42. The predicted octanol–water partition coefficient (Wildman–Crippen LogP) is 4.22. The Labute approximate surface area is 170 Å². The lowest BCUT2D eigenvalue weighted by molar-refractivity contribution is -0.119. The molecule has 6 heteroatoms. The van der Waals surface area contributed by atoms with Crippen LogP contribution in [-0.4, -0.2) is 26.4 Å². The molecule has 1 aromatic heterocycles. The Kier molecular flexibility index (Phi) is 6.52. The van der Waals surface area contributed by atoms with Crippen molar-refractivity contribution < 1.29 is 4.79 Å². The van der Waals surface area contributed by atoms with E-state index in [0.717, 1.165) is 16.5 Å². The third-order valence-electron chi connectivity index (χ3n) is 4.83. The quantitative estimate of drug-likeness (QED) is 0.610. The summed E-state index contributed by atoms with van der Waals surface area (Å²) in [5.74, 6) is 1.14. The molecule has 3 aromatic rings. The molecule has 5 nitrogen and oxygen atoms in total. The van der Waals surface area contributed by atoms with E-state index in [4.69, 9.17) is 0 Å². The molecule has 0 spiro atoms. The summed E-state index contributed by atoms with van der Waals surface area (Å²) in [4.78, 5) is 12.4. The van der Waals surface area contributed by atoms with Crippen LogP contribution in [0, 0.1) is 20.8 Å². The molecule has 0 aliphatic rings. The van der Waals surface area contributed by atoms with Crippen LogP contribution in [0.5, 0.6) is 0 Å². The largest absolute Gasteiger partial charge is 0.349 e. The molecule has 146 valence electrons. The minimum Gasteiger partial charge on any atom is -0.349 e. The molecule has 1 atom stereocenters. The third kappa shape index (κ3) is 5.01. The summed E-state index contributed by atoms with van der Waals surface area (Å²) in [5, 5.41) is 12.2. The van der Waals surface area contributed by atoms with Crippen molar-refractivity contribution in [2.24, 2.45) is 0 Å². The highest BCUT2D eigenvalue weighted by Gasteiger charge is 2.14. The zero-order valence-electron chi connectivity index (χ0n) is 16.8. The highest BCUT2D eigenvalue weighted by molar-refractivity contribution is 7.99. The van der Waals surface area contributed by atoms with E-state index >= 15 is 0 Å². The molecule has 0 aliphatic heterocycles. The van der Waals surface area contributed by atoms with E-state index in [0.29, 0.717) is 12.3 Å². The molecular formula is C22H26N4OS. The Hall–Kier alpha value is -2.60. The summed E-state index contributed by atoms with van der Waals surface area (Å²) in [7, 11) is 0. The van der Waals surface area contributed by atoms with Gasteiger partial charge in [0.15, 0.2) is 5.16 Å². The van der Waals surface area contributed by atoms with Crippen LogP contribution in [-0.2, 0) is 11.3 Å². The minimum atomic E-state index is -0.0312. The van der Waals surface area contributed by atoms with E-state index < -0.39 is 0 Å². The Morgan fingerprint density at radius 2 is 1.82 bits per heavy atom. The van der Waals surface area contributed by atoms with Gasteiger partial charge in [-0.05, 0) is 49.9 Å². The van der Waals surface area contributed by atoms with Crippen molar-refractivity contribution in [2.75, 3.05) is 5.75 Å². The average Bonchev–Trinajstić information content (AvgIpc) is 3.03. The lowest BCUT2D eigenvalue weighted by Crippen LogP contribution is -2.28. The second-order valence-electron chi connectivity index (χ2n) is 7.02. The molecule has 0 saturated carbocycles. The van der Waals surface area contributed by atoms with Crippen molar-refractivity contribution >= 4 is 17.7 Å². The lowest BCUT2D eigenvalue weighted by Gasteiger charge is -2.15. The van der Waals surface area contributed by atoms with Gasteiger partial charge in [-0.25, -0.2) is 0 Å². The molecule has 0 radical (unpaired) electrons. The summed E-state index contributed by atoms with van der Waals surface area (Å²) in [6.45, 7) is 8.82. The molecule has 0 saturated heterocycles. The summed E-state index contributed by atoms with van der Waals surface area (Å²) in [6.07, 6.45) is 0. The number of thioether (sulfide) groups is 1. The van der Waals surface area contributed by atoms with E-state index in [1.165, 1.54) is 28.5 Å². The van der Waals surface area contributed by atoms with Crippen molar-refractivity contribution in [1.82, 2.24) is 20.1 Å². The van der Waals surface area contributed by atoms with E-state index in [9.17, 15) is 4.79 Å². The monoisotopic (exact) mass is 394 g/mol. The normalized spacial score (nSPS) is 12.0. The van der Waals surface area contributed by atoms with E-state index in [1.54, 1.807) is 0 Å². The van der Waals surface area contributed by atoms with Gasteiger partial charge in [0.2, 0.25) is 5.91 Å². The fraction of sp³-hybridized carbons (Fsp3) is 0.318. The second kappa shape index (κ2) is 9.06. The molecule has 1 heterocycles. The molecule has 1 amide bonds. The smallest absolute Gasteiger partial charge is 0.230 e. The molecular weight excluding hydrogens is 368 g/mol. The Morgan fingerprint density at radius 3 is 2.54 bits per heavy atom. The fourth-order valence-corrected chi connectivity index (χ4v) is 3.74. The number of hydrogen-bond donors (Lipinski definition) is 1. The predicted molar refractivity (Wildman–Crippen MR) is 114 cm³/mol. The van der Waals surface area contributed by atoms with E-state index in [-0.39, 0.29) is 11.9 Å². The number of nitrogens with zero attached hydrogens (tertiary/aromatic N) is 3. The van der Waals surface area contributed by atoms with Gasteiger partial charge in [-0.15, -0.1) is 10.2 Å². The zero-order valence-corrected chi connectivity index (χ0v) is 17.6. The maximum atomic E-state index is 12.4. The number of rotatable bonds is 7. The van der Waals surface area contributed by atoms with Crippen LogP contribution >= 0.6 is 11.8 Å². The van der Waals surface area contributed by atoms with Gasteiger partial charge in [0.1, 0.15) is 5.82 Å². The molecule has 28 heavy (non-hydrogen) atoms. The third-order valence-corrected chi connectivity index (χ3v) is 5.79. The SMILES string of the molecule is Cc1ccc(C(C)NC(=O)CSc2nnc(C)n2Cc2ccccc2)cc1C. The highest BCUT2D eigenvalue weighted by Crippen LogP contribution is 2.20. The van der Waals surface area contributed by atoms with E-state index in [1.807, 2.05) is 36.6 Å². The molecule has 0 bridgehead atoms. The van der Waals surface area contributed by atoms with Crippen molar-refractivity contribution in [3.8, 4) is 0 Å². The molecule has 1 unspecified atom stereocenters. The minimum absolute atomic E-state index is 0.0114. The first-order valence-electron chi connectivity index (χ1n) is 9.37. The number of amides is 1. The van der Waals surface area contributed by atoms with Gasteiger partial charge < -0.3 is 9.88 Å². The fourth-order valence-electron chi connectivity index (χ4n) is 2.95. The first kappa shape index (κ1) is 20.1. The molecule has 2 aromatic carbocycles. The van der Waals surface area contributed by atoms with Crippen LogP contribution in [0.3, 0.4) is 0 Å². The van der Waals surface area contributed by atoms with Crippen LogP contribution in [0.25, 0.3) is 0 Å². The number of nitrogens with one attached hydrogen (secondary N) is 1. The first-order chi connectivity index (χ1) is 13.4. The van der Waals surface area contributed by atoms with Gasteiger partial charge in [0.25, 0.3) is 0 Å². The molecule has 3 rings (SSSR count). The van der Waals surface area contributed by atoms with Gasteiger partial charge in [-0.2, -0.15) is 0 Å². The number of hydrogen-bond acceptors (Lipinski definition) is 4. The number of benzene rings is 2. The number of aromatic nitrogens is 3. The van der Waals surface area contributed by atoms with Crippen LogP contribution in [0.2, 0.25) is 0 Å². The van der Waals surface area contributed by atoms with Gasteiger partial charge in [-0.3, -0.25) is 4.79 Å². The Morgan fingerprint density at radius 1 is 1.07 bits per heavy atom. The Bertz CT molecular complexity index is 952. The topological polar surface area (TPSA) is 59.8 Å². The van der Waals surface area contributed by atoms with Crippen molar-refractivity contribution in [3.63, 3.8) is 0 Å². The van der Waals surface area contributed by atoms with Crippen molar-refractivity contribution in [3.05, 3.63) is 76.6 Å². The summed E-state index contributed by atoms with van der Waals surface area (Å²) in [6, 6.07) is 16.4. The van der Waals surface area contributed by atoms with E-state index in [2.05, 4.69) is 59.7 Å². The van der Waals surface area contributed by atoms with Crippen LogP contribution in [0.1, 0.15) is 41.0 Å². The van der Waals surface area contributed by atoms with Crippen LogP contribution < -0.4 is 5.32 Å². The maximum absolute atomic E-state index is 12.4. The van der Waals surface area contributed by atoms with Gasteiger partial charge >= 0.3 is 0 Å². The second-order valence-corrected chi connectivity index (χ2v) is 7.97. The average molecular weight is 395 g/mol. The Balaban J connectivity index is 1.59.